The lowest BCUT2D eigenvalue weighted by Crippen LogP contribution is -2.34. The van der Waals surface area contributed by atoms with Crippen LogP contribution in [0.1, 0.15) is 58.3 Å². The van der Waals surface area contributed by atoms with E-state index in [1.165, 1.54) is 32.1 Å². The molecule has 20 heavy (non-hydrogen) atoms. The van der Waals surface area contributed by atoms with Crippen molar-refractivity contribution in [3.63, 3.8) is 0 Å². The molecule has 116 valence electrons. The predicted octanol–water partition coefficient (Wildman–Crippen LogP) is 2.22. The van der Waals surface area contributed by atoms with Crippen molar-refractivity contribution in [1.29, 1.82) is 0 Å². The van der Waals surface area contributed by atoms with E-state index in [1.54, 1.807) is 0 Å². The van der Waals surface area contributed by atoms with E-state index in [4.69, 9.17) is 10.5 Å². The molecule has 2 aliphatic carbocycles. The smallest absolute Gasteiger partial charge is 0.220 e. The Morgan fingerprint density at radius 1 is 1.20 bits per heavy atom. The molecule has 0 spiro atoms. The average molecular weight is 282 g/mol. The van der Waals surface area contributed by atoms with Crippen LogP contribution in [-0.2, 0) is 9.53 Å². The van der Waals surface area contributed by atoms with Gasteiger partial charge >= 0.3 is 0 Å². The van der Waals surface area contributed by atoms with Gasteiger partial charge in [-0.05, 0) is 37.5 Å². The molecule has 0 aliphatic heterocycles. The van der Waals surface area contributed by atoms with Crippen LogP contribution in [0.4, 0.5) is 0 Å². The van der Waals surface area contributed by atoms with Gasteiger partial charge in [0.25, 0.3) is 0 Å². The Labute approximate surface area is 122 Å². The van der Waals surface area contributed by atoms with Crippen LogP contribution in [0.2, 0.25) is 0 Å². The van der Waals surface area contributed by atoms with Crippen LogP contribution in [0, 0.1) is 11.8 Å². The molecule has 2 saturated carbocycles. The Hall–Kier alpha value is -0.610. The number of carbonyl (C=O) groups excluding carboxylic acids is 1. The molecule has 4 nitrogen and oxygen atoms in total. The highest BCUT2D eigenvalue weighted by Gasteiger charge is 2.26. The summed E-state index contributed by atoms with van der Waals surface area (Å²) >= 11 is 0. The SMILES string of the molecule is CC1CCCCC1OCCNC(=O)C[C@@H]1CCC[C@H]1N. The Morgan fingerprint density at radius 3 is 2.70 bits per heavy atom. The number of amides is 1. The average Bonchev–Trinajstić information content (AvgIpc) is 2.82. The van der Waals surface area contributed by atoms with Crippen molar-refractivity contribution >= 4 is 5.91 Å². The third-order valence-electron chi connectivity index (χ3n) is 4.95. The number of nitrogens with one attached hydrogen (secondary N) is 1. The van der Waals surface area contributed by atoms with Crippen molar-refractivity contribution in [1.82, 2.24) is 5.32 Å². The zero-order valence-corrected chi connectivity index (χ0v) is 12.8. The van der Waals surface area contributed by atoms with E-state index in [2.05, 4.69) is 12.2 Å². The molecule has 2 fully saturated rings. The summed E-state index contributed by atoms with van der Waals surface area (Å²) in [6, 6.07) is 0.222. The molecule has 2 aliphatic rings. The highest BCUT2D eigenvalue weighted by molar-refractivity contribution is 5.76. The van der Waals surface area contributed by atoms with E-state index in [-0.39, 0.29) is 11.9 Å². The number of rotatable bonds is 6. The second-order valence-electron chi connectivity index (χ2n) is 6.58. The van der Waals surface area contributed by atoms with Crippen LogP contribution in [0.5, 0.6) is 0 Å². The van der Waals surface area contributed by atoms with E-state index in [9.17, 15) is 4.79 Å². The number of nitrogens with two attached hydrogens (primary N) is 1. The monoisotopic (exact) mass is 282 g/mol. The van der Waals surface area contributed by atoms with Crippen molar-refractivity contribution < 1.29 is 9.53 Å². The number of hydrogen-bond donors (Lipinski definition) is 2. The van der Waals surface area contributed by atoms with Crippen molar-refractivity contribution in [2.24, 2.45) is 17.6 Å². The first-order valence-corrected chi connectivity index (χ1v) is 8.30. The first kappa shape index (κ1) is 15.8. The lowest BCUT2D eigenvalue weighted by atomic mass is 9.88. The summed E-state index contributed by atoms with van der Waals surface area (Å²) in [5, 5.41) is 2.97. The molecule has 4 heteroatoms. The lowest BCUT2D eigenvalue weighted by Gasteiger charge is -2.28. The van der Waals surface area contributed by atoms with Gasteiger partial charge in [-0.3, -0.25) is 4.79 Å². The first-order valence-electron chi connectivity index (χ1n) is 8.30. The first-order chi connectivity index (χ1) is 9.66. The third kappa shape index (κ3) is 4.74. The van der Waals surface area contributed by atoms with Gasteiger partial charge < -0.3 is 15.8 Å². The van der Waals surface area contributed by atoms with Crippen molar-refractivity contribution in [3.05, 3.63) is 0 Å². The fourth-order valence-electron chi connectivity index (χ4n) is 3.56. The molecule has 2 rings (SSSR count). The van der Waals surface area contributed by atoms with Crippen LogP contribution in [0.15, 0.2) is 0 Å². The summed E-state index contributed by atoms with van der Waals surface area (Å²) in [5.41, 5.74) is 5.99. The molecular weight excluding hydrogens is 252 g/mol. The molecule has 4 atom stereocenters. The normalized spacial score (nSPS) is 34.1. The molecule has 0 heterocycles. The van der Waals surface area contributed by atoms with Crippen LogP contribution < -0.4 is 11.1 Å². The molecule has 3 N–H and O–H groups in total. The topological polar surface area (TPSA) is 64.3 Å². The Bertz CT molecular complexity index is 309. The predicted molar refractivity (Wildman–Crippen MR) is 80.3 cm³/mol. The number of ether oxygens (including phenoxy) is 1. The van der Waals surface area contributed by atoms with E-state index in [0.29, 0.717) is 37.5 Å². The zero-order chi connectivity index (χ0) is 14.4. The maximum atomic E-state index is 11.8. The molecule has 0 aromatic rings. The molecule has 0 aromatic carbocycles. The standard InChI is InChI=1S/C16H30N2O2/c1-12-5-2-3-8-15(12)20-10-9-18-16(19)11-13-6-4-7-14(13)17/h12-15H,2-11,17H2,1H3,(H,18,19)/t12?,13-,14+,15?/m0/s1. The number of hydrogen-bond acceptors (Lipinski definition) is 3. The van der Waals surface area contributed by atoms with Crippen molar-refractivity contribution in [2.45, 2.75) is 70.4 Å². The maximum absolute atomic E-state index is 11.8. The van der Waals surface area contributed by atoms with Gasteiger partial charge in [-0.2, -0.15) is 0 Å². The quantitative estimate of drug-likeness (QED) is 0.734. The van der Waals surface area contributed by atoms with Gasteiger partial charge in [-0.1, -0.05) is 26.2 Å². The fraction of sp³-hybridized carbons (Fsp3) is 0.938. The highest BCUT2D eigenvalue weighted by atomic mass is 16.5. The molecule has 1 amide bonds. The fourth-order valence-corrected chi connectivity index (χ4v) is 3.56. The molecular formula is C16H30N2O2. The van der Waals surface area contributed by atoms with E-state index < -0.39 is 0 Å². The van der Waals surface area contributed by atoms with Gasteiger partial charge in [0.15, 0.2) is 0 Å². The van der Waals surface area contributed by atoms with Crippen molar-refractivity contribution in [3.8, 4) is 0 Å². The molecule has 2 unspecified atom stereocenters. The second-order valence-corrected chi connectivity index (χ2v) is 6.58. The maximum Gasteiger partial charge on any atom is 0.220 e. The summed E-state index contributed by atoms with van der Waals surface area (Å²) in [5.74, 6) is 1.18. The Kier molecular flexibility index (Phi) is 6.30. The highest BCUT2D eigenvalue weighted by Crippen LogP contribution is 2.27. The van der Waals surface area contributed by atoms with Gasteiger partial charge in [0.2, 0.25) is 5.91 Å². The van der Waals surface area contributed by atoms with Crippen molar-refractivity contribution in [2.75, 3.05) is 13.2 Å². The summed E-state index contributed by atoms with van der Waals surface area (Å²) in [4.78, 5) is 11.8. The number of carbonyl (C=O) groups is 1. The second kappa shape index (κ2) is 7.99. The third-order valence-corrected chi connectivity index (χ3v) is 4.95. The summed E-state index contributed by atoms with van der Waals surface area (Å²) in [6.07, 6.45) is 9.38. The minimum atomic E-state index is 0.132. The van der Waals surface area contributed by atoms with Crippen LogP contribution in [0.3, 0.4) is 0 Å². The summed E-state index contributed by atoms with van der Waals surface area (Å²) < 4.78 is 5.90. The van der Waals surface area contributed by atoms with Crippen LogP contribution >= 0.6 is 0 Å². The zero-order valence-electron chi connectivity index (χ0n) is 12.8. The van der Waals surface area contributed by atoms with Crippen LogP contribution in [0.25, 0.3) is 0 Å². The van der Waals surface area contributed by atoms with E-state index in [0.717, 1.165) is 12.8 Å². The largest absolute Gasteiger partial charge is 0.376 e. The van der Waals surface area contributed by atoms with Gasteiger partial charge in [-0.15, -0.1) is 0 Å². The Balaban J connectivity index is 1.55. The summed E-state index contributed by atoms with van der Waals surface area (Å²) in [7, 11) is 0. The molecule has 0 bridgehead atoms. The van der Waals surface area contributed by atoms with Gasteiger partial charge in [0.05, 0.1) is 12.7 Å². The van der Waals surface area contributed by atoms with E-state index >= 15 is 0 Å². The van der Waals surface area contributed by atoms with Gasteiger partial charge in [0.1, 0.15) is 0 Å². The molecule has 0 radical (unpaired) electrons. The molecule has 0 saturated heterocycles. The Morgan fingerprint density at radius 2 is 2.00 bits per heavy atom. The molecule has 0 aromatic heterocycles. The minimum absolute atomic E-state index is 0.132. The minimum Gasteiger partial charge on any atom is -0.376 e. The van der Waals surface area contributed by atoms with Gasteiger partial charge in [0, 0.05) is 19.0 Å². The lowest BCUT2D eigenvalue weighted by molar-refractivity contribution is -0.122. The van der Waals surface area contributed by atoms with Gasteiger partial charge in [-0.25, -0.2) is 0 Å². The van der Waals surface area contributed by atoms with Crippen LogP contribution in [-0.4, -0.2) is 31.2 Å². The van der Waals surface area contributed by atoms with E-state index in [1.807, 2.05) is 0 Å². The summed E-state index contributed by atoms with van der Waals surface area (Å²) in [6.45, 7) is 3.53.